The molecule has 0 aromatic rings. The van der Waals surface area contributed by atoms with Crippen LogP contribution in [0.1, 0.15) is 105 Å². The summed E-state index contributed by atoms with van der Waals surface area (Å²) in [7, 11) is 4.63. The smallest absolute Gasteiger partial charge is 0.344 e. The van der Waals surface area contributed by atoms with Gasteiger partial charge in [-0.3, -0.25) is 4.79 Å². The lowest BCUT2D eigenvalue weighted by Crippen LogP contribution is -2.66. The number of oxime groups is 1. The summed E-state index contributed by atoms with van der Waals surface area (Å²) in [6.07, 6.45) is 3.11. The summed E-state index contributed by atoms with van der Waals surface area (Å²) in [5, 5.41) is 60.3. The molecule has 2 bridgehead atoms. The van der Waals surface area contributed by atoms with Gasteiger partial charge in [0.2, 0.25) is 12.4 Å². The van der Waals surface area contributed by atoms with Gasteiger partial charge in [-0.25, -0.2) is 9.59 Å². The number of aliphatic hydroxyl groups excluding tert-OH is 3. The molecule has 1 aliphatic carbocycles. The average molecular weight is 879 g/mol. The number of aliphatic hydroxyl groups is 4. The highest BCUT2D eigenvalue weighted by molar-refractivity contribution is 5.89. The maximum absolute atomic E-state index is 14.5. The summed E-state index contributed by atoms with van der Waals surface area (Å²) >= 11 is 0. The van der Waals surface area contributed by atoms with Crippen LogP contribution in [0.4, 0.5) is 0 Å². The van der Waals surface area contributed by atoms with Gasteiger partial charge in [-0.1, -0.05) is 49.7 Å². The highest BCUT2D eigenvalue weighted by Crippen LogP contribution is 2.40. The minimum atomic E-state index is -2.35. The van der Waals surface area contributed by atoms with E-state index in [0.29, 0.717) is 62.7 Å². The molecule has 4 aliphatic rings. The Morgan fingerprint density at radius 1 is 0.968 bits per heavy atom. The van der Waals surface area contributed by atoms with Crippen molar-refractivity contribution in [3.8, 4) is 0 Å². The Hall–Kier alpha value is -3.22. The first-order valence-electron chi connectivity index (χ1n) is 22.3. The molecule has 15 atom stereocenters. The number of fused-ring (bicyclic) bond motifs is 3. The Balaban J connectivity index is 1.84. The number of carboxylic acid groups (broad SMARTS) is 1. The SMILES string of the molecule is C=CC[C@@H]1/C=C(\C)C[C@H](C)C[C@H](OC)[C@H]2O[C@@](O)(C(O)C(=O)N3CCCC[C@H]3C(=O)O[C@H](/C(C)=C/[C@@H]3CC[C@@H](O)[C@H](OC)C3)[C@H](C)[C@@H](O)C/C1=N/OCC(=O)O)[C@H](C)C[C@@H]2OC. The highest BCUT2D eigenvalue weighted by Gasteiger charge is 2.56. The normalized spacial score (nSPS) is 40.3. The number of ether oxygens (including phenoxy) is 5. The van der Waals surface area contributed by atoms with Crippen molar-refractivity contribution in [2.75, 3.05) is 34.5 Å². The number of piperidine rings is 1. The molecule has 3 fully saturated rings. The maximum atomic E-state index is 14.5. The second-order valence-electron chi connectivity index (χ2n) is 18.2. The fourth-order valence-corrected chi connectivity index (χ4v) is 9.86. The summed E-state index contributed by atoms with van der Waals surface area (Å²) in [6.45, 7) is 12.6. The van der Waals surface area contributed by atoms with Crippen molar-refractivity contribution in [1.29, 1.82) is 0 Å². The molecule has 16 heteroatoms. The fourth-order valence-electron chi connectivity index (χ4n) is 9.86. The molecule has 3 aliphatic heterocycles. The second-order valence-corrected chi connectivity index (χ2v) is 18.2. The van der Waals surface area contributed by atoms with Crippen molar-refractivity contribution < 1.29 is 68.4 Å². The molecule has 1 amide bonds. The van der Waals surface area contributed by atoms with Crippen molar-refractivity contribution >= 4 is 23.6 Å². The zero-order chi connectivity index (χ0) is 45.9. The molecule has 4 rings (SSSR count). The topological polar surface area (TPSA) is 223 Å². The van der Waals surface area contributed by atoms with Crippen LogP contribution in [0.5, 0.6) is 0 Å². The molecular formula is C46H74N2O14. The van der Waals surface area contributed by atoms with Crippen LogP contribution >= 0.6 is 0 Å². The number of rotatable bonds is 10. The number of amides is 1. The Bertz CT molecular complexity index is 1600. The summed E-state index contributed by atoms with van der Waals surface area (Å²) < 4.78 is 30.1. The lowest BCUT2D eigenvalue weighted by atomic mass is 9.81. The molecule has 352 valence electrons. The van der Waals surface area contributed by atoms with Gasteiger partial charge in [0.15, 0.2) is 6.10 Å². The third-order valence-electron chi connectivity index (χ3n) is 13.4. The highest BCUT2D eigenvalue weighted by atomic mass is 16.7. The molecule has 3 heterocycles. The van der Waals surface area contributed by atoms with Crippen LogP contribution in [0.25, 0.3) is 0 Å². The summed E-state index contributed by atoms with van der Waals surface area (Å²) in [6, 6.07) is -1.12. The van der Waals surface area contributed by atoms with E-state index in [1.54, 1.807) is 27.0 Å². The molecular weight excluding hydrogens is 805 g/mol. The predicted octanol–water partition coefficient (Wildman–Crippen LogP) is 4.32. The number of methoxy groups -OCH3 is 3. The molecule has 1 saturated carbocycles. The number of hydrogen-bond donors (Lipinski definition) is 5. The minimum Gasteiger partial charge on any atom is -0.479 e. The zero-order valence-corrected chi connectivity index (χ0v) is 38.0. The lowest BCUT2D eigenvalue weighted by Gasteiger charge is -2.49. The van der Waals surface area contributed by atoms with Crippen LogP contribution in [0, 0.1) is 29.6 Å². The minimum absolute atomic E-state index is 0.0107. The molecule has 5 N–H and O–H groups in total. The lowest BCUT2D eigenvalue weighted by molar-refractivity contribution is -0.346. The molecule has 0 aromatic heterocycles. The molecule has 1 unspecified atom stereocenters. The van der Waals surface area contributed by atoms with Crippen LogP contribution < -0.4 is 0 Å². The van der Waals surface area contributed by atoms with Crippen LogP contribution in [-0.2, 0) is 42.9 Å². The van der Waals surface area contributed by atoms with Crippen LogP contribution in [0.15, 0.2) is 41.1 Å². The van der Waals surface area contributed by atoms with Gasteiger partial charge < -0.3 is 59.0 Å². The van der Waals surface area contributed by atoms with Gasteiger partial charge in [0.1, 0.15) is 18.2 Å². The van der Waals surface area contributed by atoms with E-state index in [1.165, 1.54) is 19.1 Å². The molecule has 16 nitrogen and oxygen atoms in total. The number of carbonyl (C=O) groups excluding carboxylic acids is 2. The number of allylic oxidation sites excluding steroid dienone is 4. The summed E-state index contributed by atoms with van der Waals surface area (Å²) in [5.74, 6) is -7.18. The number of carbonyl (C=O) groups is 3. The number of nitrogens with zero attached hydrogens (tertiary/aromatic N) is 2. The van der Waals surface area contributed by atoms with Crippen molar-refractivity contribution in [3.63, 3.8) is 0 Å². The standard InChI is InChI=1S/C46H74N2O14/c1-10-13-32-19-26(2)18-27(3)20-38(58-8)42-39(59-9)22-29(5)46(56,62-42)43(53)44(54)48-17-12-11-14-34(48)45(55)61-41(28(4)21-31-15-16-35(49)37(23-31)57-7)30(6)36(50)24-33(32)47-60-25-40(51)52/h10,19,21,27,29-32,34-39,41-43,49-50,53,56H,1,11-18,20,22-25H2,2-9H3,(H,51,52)/b26-19+,28-21+,47-33-/t27-,29+,30+,31-,32+,34-,35+,36-,37+,38-,39-,41+,42+,43?,46+/m0/s1. The number of carboxylic acids is 1. The van der Waals surface area contributed by atoms with E-state index in [1.807, 2.05) is 32.9 Å². The molecule has 2 saturated heterocycles. The van der Waals surface area contributed by atoms with E-state index in [4.69, 9.17) is 28.5 Å². The van der Waals surface area contributed by atoms with E-state index >= 15 is 0 Å². The van der Waals surface area contributed by atoms with Crippen LogP contribution in [0.3, 0.4) is 0 Å². The van der Waals surface area contributed by atoms with E-state index in [0.717, 1.165) is 5.57 Å². The molecule has 0 radical (unpaired) electrons. The average Bonchev–Trinajstić information content (AvgIpc) is 3.24. The van der Waals surface area contributed by atoms with Crippen LogP contribution in [-0.4, -0.2) is 149 Å². The van der Waals surface area contributed by atoms with Gasteiger partial charge in [-0.05, 0) is 95.5 Å². The number of aliphatic carboxylic acids is 1. The monoisotopic (exact) mass is 879 g/mol. The molecule has 0 aromatic carbocycles. The summed E-state index contributed by atoms with van der Waals surface area (Å²) in [5.41, 5.74) is 1.98. The van der Waals surface area contributed by atoms with Crippen molar-refractivity contribution in [3.05, 3.63) is 36.0 Å². The largest absolute Gasteiger partial charge is 0.479 e. The van der Waals surface area contributed by atoms with Gasteiger partial charge in [-0.15, -0.1) is 6.58 Å². The fraction of sp³-hybridized carbons (Fsp3) is 0.783. The van der Waals surface area contributed by atoms with E-state index in [2.05, 4.69) is 11.7 Å². The van der Waals surface area contributed by atoms with Crippen molar-refractivity contribution in [2.45, 2.75) is 166 Å². The van der Waals surface area contributed by atoms with E-state index in [9.17, 15) is 39.9 Å². The third-order valence-corrected chi connectivity index (χ3v) is 13.4. The second kappa shape index (κ2) is 23.6. The first-order chi connectivity index (χ1) is 29.4. The first-order valence-corrected chi connectivity index (χ1v) is 22.3. The Labute approximate surface area is 367 Å². The quantitative estimate of drug-likeness (QED) is 0.117. The van der Waals surface area contributed by atoms with Crippen molar-refractivity contribution in [1.82, 2.24) is 4.90 Å². The Morgan fingerprint density at radius 3 is 2.29 bits per heavy atom. The van der Waals surface area contributed by atoms with E-state index < -0.39 is 96.8 Å². The summed E-state index contributed by atoms with van der Waals surface area (Å²) in [4.78, 5) is 47.0. The maximum Gasteiger partial charge on any atom is 0.344 e. The Morgan fingerprint density at radius 2 is 1.65 bits per heavy atom. The van der Waals surface area contributed by atoms with Gasteiger partial charge in [0.05, 0.1) is 36.2 Å². The number of esters is 1. The molecule has 0 spiro atoms. The van der Waals surface area contributed by atoms with Gasteiger partial charge in [0, 0.05) is 52.0 Å². The van der Waals surface area contributed by atoms with E-state index in [-0.39, 0.29) is 43.7 Å². The van der Waals surface area contributed by atoms with Gasteiger partial charge in [0.25, 0.3) is 5.91 Å². The van der Waals surface area contributed by atoms with Gasteiger partial charge in [-0.2, -0.15) is 0 Å². The van der Waals surface area contributed by atoms with Crippen LogP contribution in [0.2, 0.25) is 0 Å². The number of hydrogen-bond acceptors (Lipinski definition) is 14. The third kappa shape index (κ3) is 13.0. The zero-order valence-electron chi connectivity index (χ0n) is 38.0. The first kappa shape index (κ1) is 51.4. The molecule has 62 heavy (non-hydrogen) atoms. The Kier molecular flexibility index (Phi) is 19.6. The van der Waals surface area contributed by atoms with Gasteiger partial charge >= 0.3 is 11.9 Å². The predicted molar refractivity (Wildman–Crippen MR) is 230 cm³/mol. The van der Waals surface area contributed by atoms with Crippen molar-refractivity contribution in [2.24, 2.45) is 34.7 Å². The number of cyclic esters (lactones) is 1.